The third-order valence-electron chi connectivity index (χ3n) is 4.89. The molecule has 1 fully saturated rings. The van der Waals surface area contributed by atoms with Gasteiger partial charge in [-0.2, -0.15) is 0 Å². The maximum Gasteiger partial charge on any atom is 0.228 e. The standard InChI is InChI=1S/C21H21N3O2S2/c1-15(25)16-4-6-18(7-5-16)23-8-10-24(11-9-23)20(26)13-17-14-28-21(22-17)19-3-2-12-27-19/h2-7,12,14H,8-11,13H2,1H3. The van der Waals surface area contributed by atoms with Crippen LogP contribution in [0.4, 0.5) is 5.69 Å². The van der Waals surface area contributed by atoms with Gasteiger partial charge in [-0.3, -0.25) is 9.59 Å². The van der Waals surface area contributed by atoms with E-state index in [1.165, 1.54) is 0 Å². The van der Waals surface area contributed by atoms with E-state index in [0.717, 1.165) is 39.9 Å². The molecule has 0 radical (unpaired) electrons. The molecular weight excluding hydrogens is 390 g/mol. The first-order valence-electron chi connectivity index (χ1n) is 9.22. The molecule has 0 unspecified atom stereocenters. The molecule has 1 aliphatic heterocycles. The van der Waals surface area contributed by atoms with Crippen LogP contribution in [0.25, 0.3) is 9.88 Å². The maximum atomic E-state index is 12.7. The second-order valence-electron chi connectivity index (χ2n) is 6.77. The molecular formula is C21H21N3O2S2. The second kappa shape index (κ2) is 8.24. The lowest BCUT2D eigenvalue weighted by Gasteiger charge is -2.36. The highest BCUT2D eigenvalue weighted by Gasteiger charge is 2.22. The summed E-state index contributed by atoms with van der Waals surface area (Å²) in [5.74, 6) is 0.209. The van der Waals surface area contributed by atoms with Crippen LogP contribution in [0.2, 0.25) is 0 Å². The van der Waals surface area contributed by atoms with Crippen LogP contribution in [-0.2, 0) is 11.2 Å². The molecule has 144 valence electrons. The Kier molecular flexibility index (Phi) is 5.54. The minimum Gasteiger partial charge on any atom is -0.368 e. The molecule has 5 nitrogen and oxygen atoms in total. The van der Waals surface area contributed by atoms with Gasteiger partial charge in [-0.05, 0) is 42.6 Å². The van der Waals surface area contributed by atoms with E-state index in [1.807, 2.05) is 46.0 Å². The Balaban J connectivity index is 1.32. The molecule has 28 heavy (non-hydrogen) atoms. The van der Waals surface area contributed by atoms with Gasteiger partial charge in [-0.1, -0.05) is 6.07 Å². The van der Waals surface area contributed by atoms with Crippen LogP contribution in [0.5, 0.6) is 0 Å². The van der Waals surface area contributed by atoms with Gasteiger partial charge in [0.05, 0.1) is 17.0 Å². The van der Waals surface area contributed by atoms with Gasteiger partial charge in [0.15, 0.2) is 5.78 Å². The Morgan fingerprint density at radius 3 is 2.43 bits per heavy atom. The number of benzene rings is 1. The highest BCUT2D eigenvalue weighted by Crippen LogP contribution is 2.28. The molecule has 0 atom stereocenters. The van der Waals surface area contributed by atoms with E-state index in [4.69, 9.17) is 0 Å². The number of thiazole rings is 1. The van der Waals surface area contributed by atoms with E-state index in [1.54, 1.807) is 29.6 Å². The molecule has 7 heteroatoms. The van der Waals surface area contributed by atoms with Crippen LogP contribution in [0, 0.1) is 0 Å². The minimum atomic E-state index is 0.0752. The zero-order valence-electron chi connectivity index (χ0n) is 15.6. The number of hydrogen-bond acceptors (Lipinski definition) is 6. The van der Waals surface area contributed by atoms with Crippen LogP contribution >= 0.6 is 22.7 Å². The van der Waals surface area contributed by atoms with Crippen LogP contribution < -0.4 is 4.90 Å². The molecule has 0 spiro atoms. The van der Waals surface area contributed by atoms with E-state index in [2.05, 4.69) is 16.0 Å². The number of anilines is 1. The third-order valence-corrected chi connectivity index (χ3v) is 6.82. The number of hydrogen-bond donors (Lipinski definition) is 0. The Labute approximate surface area is 172 Å². The first kappa shape index (κ1) is 18.8. The number of rotatable bonds is 5. The summed E-state index contributed by atoms with van der Waals surface area (Å²) in [7, 11) is 0. The summed E-state index contributed by atoms with van der Waals surface area (Å²) in [5, 5.41) is 5.01. The summed E-state index contributed by atoms with van der Waals surface area (Å²) in [6.07, 6.45) is 0.356. The van der Waals surface area contributed by atoms with Gasteiger partial charge in [0.1, 0.15) is 5.01 Å². The van der Waals surface area contributed by atoms with E-state index in [0.29, 0.717) is 19.5 Å². The maximum absolute atomic E-state index is 12.7. The molecule has 0 aliphatic carbocycles. The lowest BCUT2D eigenvalue weighted by atomic mass is 10.1. The summed E-state index contributed by atoms with van der Waals surface area (Å²) in [4.78, 5) is 34.0. The average molecular weight is 412 g/mol. The highest BCUT2D eigenvalue weighted by atomic mass is 32.1. The van der Waals surface area contributed by atoms with Crippen molar-refractivity contribution >= 4 is 40.1 Å². The molecule has 3 heterocycles. The molecule has 0 saturated carbocycles. The molecule has 3 aromatic rings. The van der Waals surface area contributed by atoms with Crippen molar-refractivity contribution in [2.75, 3.05) is 31.1 Å². The molecule has 1 aliphatic rings. The predicted molar refractivity (Wildman–Crippen MR) is 114 cm³/mol. The normalized spacial score (nSPS) is 14.3. The van der Waals surface area contributed by atoms with E-state index < -0.39 is 0 Å². The van der Waals surface area contributed by atoms with Crippen molar-refractivity contribution in [2.24, 2.45) is 0 Å². The van der Waals surface area contributed by atoms with Crippen molar-refractivity contribution in [2.45, 2.75) is 13.3 Å². The van der Waals surface area contributed by atoms with Gasteiger partial charge < -0.3 is 9.80 Å². The summed E-state index contributed by atoms with van der Waals surface area (Å²) in [5.41, 5.74) is 2.67. The fraction of sp³-hybridized carbons (Fsp3) is 0.286. The topological polar surface area (TPSA) is 53.5 Å². The van der Waals surface area contributed by atoms with Crippen LogP contribution in [0.3, 0.4) is 0 Å². The van der Waals surface area contributed by atoms with E-state index in [-0.39, 0.29) is 11.7 Å². The van der Waals surface area contributed by atoms with Crippen molar-refractivity contribution in [3.05, 3.63) is 58.4 Å². The van der Waals surface area contributed by atoms with Crippen molar-refractivity contribution in [1.29, 1.82) is 0 Å². The van der Waals surface area contributed by atoms with Gasteiger partial charge in [0.25, 0.3) is 0 Å². The van der Waals surface area contributed by atoms with Crippen molar-refractivity contribution in [3.63, 3.8) is 0 Å². The number of Topliss-reactive ketones (excluding diaryl/α,β-unsaturated/α-hetero) is 1. The highest BCUT2D eigenvalue weighted by molar-refractivity contribution is 7.20. The van der Waals surface area contributed by atoms with Crippen molar-refractivity contribution in [3.8, 4) is 9.88 Å². The summed E-state index contributed by atoms with van der Waals surface area (Å²) < 4.78 is 0. The van der Waals surface area contributed by atoms with Crippen molar-refractivity contribution in [1.82, 2.24) is 9.88 Å². The zero-order chi connectivity index (χ0) is 19.5. The fourth-order valence-corrected chi connectivity index (χ4v) is 4.92. The Bertz CT molecular complexity index is 956. The summed E-state index contributed by atoms with van der Waals surface area (Å²) in [6, 6.07) is 11.8. The number of nitrogens with zero attached hydrogens (tertiary/aromatic N) is 3. The lowest BCUT2D eigenvalue weighted by Crippen LogP contribution is -2.49. The largest absolute Gasteiger partial charge is 0.368 e. The summed E-state index contributed by atoms with van der Waals surface area (Å²) >= 11 is 3.26. The Morgan fingerprint density at radius 2 is 1.79 bits per heavy atom. The van der Waals surface area contributed by atoms with Gasteiger partial charge >= 0.3 is 0 Å². The second-order valence-corrected chi connectivity index (χ2v) is 8.57. The molecule has 1 aromatic carbocycles. The number of thiophene rings is 1. The van der Waals surface area contributed by atoms with Gasteiger partial charge in [-0.25, -0.2) is 4.98 Å². The Morgan fingerprint density at radius 1 is 1.04 bits per heavy atom. The molecule has 1 saturated heterocycles. The first-order valence-corrected chi connectivity index (χ1v) is 11.0. The fourth-order valence-electron chi connectivity index (χ4n) is 3.29. The van der Waals surface area contributed by atoms with Gasteiger partial charge in [0, 0.05) is 42.8 Å². The monoisotopic (exact) mass is 411 g/mol. The number of amides is 1. The molecule has 1 amide bonds. The van der Waals surface area contributed by atoms with E-state index in [9.17, 15) is 9.59 Å². The molecule has 4 rings (SSSR count). The van der Waals surface area contributed by atoms with E-state index >= 15 is 0 Å². The predicted octanol–water partition coefficient (Wildman–Crippen LogP) is 3.97. The summed E-state index contributed by atoms with van der Waals surface area (Å²) in [6.45, 7) is 4.57. The third kappa shape index (κ3) is 4.15. The lowest BCUT2D eigenvalue weighted by molar-refractivity contribution is -0.130. The Hall–Kier alpha value is -2.51. The van der Waals surface area contributed by atoms with Crippen LogP contribution in [0.15, 0.2) is 47.2 Å². The minimum absolute atomic E-state index is 0.0752. The number of piperazine rings is 1. The molecule has 0 bridgehead atoms. The number of aromatic nitrogens is 1. The van der Waals surface area contributed by atoms with Crippen LogP contribution in [0.1, 0.15) is 23.0 Å². The van der Waals surface area contributed by atoms with Crippen molar-refractivity contribution < 1.29 is 9.59 Å². The average Bonchev–Trinajstić information content (AvgIpc) is 3.40. The zero-order valence-corrected chi connectivity index (χ0v) is 17.3. The van der Waals surface area contributed by atoms with Gasteiger partial charge in [-0.15, -0.1) is 22.7 Å². The first-order chi connectivity index (χ1) is 13.6. The quantitative estimate of drug-likeness (QED) is 0.596. The van der Waals surface area contributed by atoms with Gasteiger partial charge in [0.2, 0.25) is 5.91 Å². The smallest absolute Gasteiger partial charge is 0.228 e. The SMILES string of the molecule is CC(=O)c1ccc(N2CCN(C(=O)Cc3csc(-c4cccs4)n3)CC2)cc1. The number of carbonyl (C=O) groups is 2. The van der Waals surface area contributed by atoms with Crippen LogP contribution in [-0.4, -0.2) is 47.8 Å². The molecule has 0 N–H and O–H groups in total. The number of carbonyl (C=O) groups excluding carboxylic acids is 2. The molecule has 2 aromatic heterocycles. The number of ketones is 1.